The highest BCUT2D eigenvalue weighted by Crippen LogP contribution is 2.31. The molecule has 1 fully saturated rings. The Kier molecular flexibility index (Phi) is 6.14. The molecule has 0 saturated heterocycles. The number of nitrogens with zero attached hydrogens (tertiary/aromatic N) is 1. The lowest BCUT2D eigenvalue weighted by atomic mass is 9.81. The zero-order valence-electron chi connectivity index (χ0n) is 11.3. The molecule has 3 heteroatoms. The standard InChI is InChI=1S/C14H27NO2/c1-3-14(4-2,12-17)11-15(9-6-10-16)13-7-5-8-13/h12-13,16H,3-11H2,1-2H3. The van der Waals surface area contributed by atoms with Crippen LogP contribution in [0.4, 0.5) is 0 Å². The van der Waals surface area contributed by atoms with Crippen LogP contribution in [0.1, 0.15) is 52.4 Å². The maximum Gasteiger partial charge on any atom is 0.127 e. The molecule has 0 aromatic carbocycles. The Morgan fingerprint density at radius 1 is 1.35 bits per heavy atom. The maximum absolute atomic E-state index is 11.4. The molecule has 3 nitrogen and oxygen atoms in total. The minimum atomic E-state index is -0.176. The van der Waals surface area contributed by atoms with Gasteiger partial charge in [-0.15, -0.1) is 0 Å². The Hall–Kier alpha value is -0.410. The van der Waals surface area contributed by atoms with Crippen molar-refractivity contribution in [3.8, 4) is 0 Å². The average molecular weight is 241 g/mol. The zero-order valence-corrected chi connectivity index (χ0v) is 11.3. The van der Waals surface area contributed by atoms with Gasteiger partial charge in [-0.3, -0.25) is 4.90 Å². The predicted octanol–water partition coefficient (Wildman–Crippen LogP) is 2.23. The van der Waals surface area contributed by atoms with Gasteiger partial charge in [0.1, 0.15) is 6.29 Å². The van der Waals surface area contributed by atoms with E-state index in [0.717, 1.165) is 38.6 Å². The summed E-state index contributed by atoms with van der Waals surface area (Å²) in [4.78, 5) is 13.8. The van der Waals surface area contributed by atoms with E-state index in [-0.39, 0.29) is 12.0 Å². The first kappa shape index (κ1) is 14.7. The highest BCUT2D eigenvalue weighted by Gasteiger charge is 2.33. The van der Waals surface area contributed by atoms with Crippen molar-refractivity contribution >= 4 is 6.29 Å². The van der Waals surface area contributed by atoms with Gasteiger partial charge in [0, 0.05) is 31.2 Å². The minimum Gasteiger partial charge on any atom is -0.396 e. The second-order valence-corrected chi connectivity index (χ2v) is 5.32. The first-order chi connectivity index (χ1) is 8.21. The Morgan fingerprint density at radius 2 is 2.00 bits per heavy atom. The van der Waals surface area contributed by atoms with Crippen molar-refractivity contribution in [3.05, 3.63) is 0 Å². The summed E-state index contributed by atoms with van der Waals surface area (Å²) < 4.78 is 0. The molecule has 0 radical (unpaired) electrons. The quantitative estimate of drug-likeness (QED) is 0.629. The number of carbonyl (C=O) groups excluding carboxylic acids is 1. The lowest BCUT2D eigenvalue weighted by Crippen LogP contribution is -2.47. The largest absolute Gasteiger partial charge is 0.396 e. The molecule has 1 saturated carbocycles. The lowest BCUT2D eigenvalue weighted by molar-refractivity contribution is -0.118. The van der Waals surface area contributed by atoms with Gasteiger partial charge in [0.05, 0.1) is 0 Å². The minimum absolute atomic E-state index is 0.176. The predicted molar refractivity (Wildman–Crippen MR) is 70.0 cm³/mol. The van der Waals surface area contributed by atoms with E-state index in [2.05, 4.69) is 18.7 Å². The van der Waals surface area contributed by atoms with Crippen molar-refractivity contribution in [1.82, 2.24) is 4.90 Å². The highest BCUT2D eigenvalue weighted by atomic mass is 16.3. The summed E-state index contributed by atoms with van der Waals surface area (Å²) in [7, 11) is 0. The normalized spacial score (nSPS) is 17.2. The Morgan fingerprint density at radius 3 is 2.35 bits per heavy atom. The van der Waals surface area contributed by atoms with Crippen LogP contribution < -0.4 is 0 Å². The van der Waals surface area contributed by atoms with Crippen molar-refractivity contribution in [1.29, 1.82) is 0 Å². The molecule has 1 rings (SSSR count). The van der Waals surface area contributed by atoms with Crippen molar-refractivity contribution in [2.75, 3.05) is 19.7 Å². The van der Waals surface area contributed by atoms with Crippen molar-refractivity contribution in [2.24, 2.45) is 5.41 Å². The molecule has 17 heavy (non-hydrogen) atoms. The molecule has 0 spiro atoms. The van der Waals surface area contributed by atoms with E-state index in [1.165, 1.54) is 19.3 Å². The van der Waals surface area contributed by atoms with Crippen molar-refractivity contribution < 1.29 is 9.90 Å². The molecule has 0 bridgehead atoms. The van der Waals surface area contributed by atoms with Gasteiger partial charge >= 0.3 is 0 Å². The fraction of sp³-hybridized carbons (Fsp3) is 0.929. The van der Waals surface area contributed by atoms with Crippen LogP contribution in [-0.4, -0.2) is 42.0 Å². The topological polar surface area (TPSA) is 40.5 Å². The van der Waals surface area contributed by atoms with Crippen LogP contribution >= 0.6 is 0 Å². The zero-order chi connectivity index (χ0) is 12.7. The number of aldehydes is 1. The molecule has 0 aromatic rings. The van der Waals surface area contributed by atoms with Gasteiger partial charge in [0.15, 0.2) is 0 Å². The SMILES string of the molecule is CCC(C=O)(CC)CN(CCCO)C1CCC1. The monoisotopic (exact) mass is 241 g/mol. The van der Waals surface area contributed by atoms with E-state index in [1.807, 2.05) is 0 Å². The molecule has 1 N–H and O–H groups in total. The molecule has 0 atom stereocenters. The Balaban J connectivity index is 2.58. The molecular formula is C14H27NO2. The van der Waals surface area contributed by atoms with Crippen LogP contribution in [0.2, 0.25) is 0 Å². The van der Waals surface area contributed by atoms with Crippen LogP contribution in [0.5, 0.6) is 0 Å². The van der Waals surface area contributed by atoms with E-state index in [0.29, 0.717) is 6.04 Å². The van der Waals surface area contributed by atoms with Crippen LogP contribution in [-0.2, 0) is 4.79 Å². The number of aliphatic hydroxyl groups is 1. The summed E-state index contributed by atoms with van der Waals surface area (Å²) in [5, 5.41) is 8.96. The Bertz CT molecular complexity index is 222. The smallest absolute Gasteiger partial charge is 0.127 e. The summed E-state index contributed by atoms with van der Waals surface area (Å²) >= 11 is 0. The fourth-order valence-corrected chi connectivity index (χ4v) is 2.50. The van der Waals surface area contributed by atoms with Gasteiger partial charge in [-0.25, -0.2) is 0 Å². The summed E-state index contributed by atoms with van der Waals surface area (Å²) in [6, 6.07) is 0.652. The van der Waals surface area contributed by atoms with Crippen LogP contribution in [0.25, 0.3) is 0 Å². The van der Waals surface area contributed by atoms with E-state index < -0.39 is 0 Å². The lowest BCUT2D eigenvalue weighted by Gasteiger charge is -2.42. The van der Waals surface area contributed by atoms with Gasteiger partial charge in [0.25, 0.3) is 0 Å². The summed E-state index contributed by atoms with van der Waals surface area (Å²) in [6.45, 7) is 6.24. The Labute approximate surface area is 105 Å². The van der Waals surface area contributed by atoms with Crippen LogP contribution in [0.15, 0.2) is 0 Å². The molecule has 1 aliphatic carbocycles. The molecule has 1 aliphatic rings. The molecule has 0 amide bonds. The maximum atomic E-state index is 11.4. The average Bonchev–Trinajstić information content (AvgIpc) is 2.30. The molecule has 100 valence electrons. The fourth-order valence-electron chi connectivity index (χ4n) is 2.50. The second kappa shape index (κ2) is 7.12. The van der Waals surface area contributed by atoms with Crippen molar-refractivity contribution in [2.45, 2.75) is 58.4 Å². The highest BCUT2D eigenvalue weighted by molar-refractivity contribution is 5.59. The summed E-state index contributed by atoms with van der Waals surface area (Å²) in [6.07, 6.45) is 7.62. The van der Waals surface area contributed by atoms with Crippen LogP contribution in [0, 0.1) is 5.41 Å². The number of hydrogen-bond donors (Lipinski definition) is 1. The first-order valence-electron chi connectivity index (χ1n) is 7.02. The van der Waals surface area contributed by atoms with E-state index >= 15 is 0 Å². The molecule has 0 aliphatic heterocycles. The number of rotatable bonds is 9. The number of hydrogen-bond acceptors (Lipinski definition) is 3. The van der Waals surface area contributed by atoms with Gasteiger partial charge in [0.2, 0.25) is 0 Å². The first-order valence-corrected chi connectivity index (χ1v) is 7.02. The third-order valence-corrected chi connectivity index (χ3v) is 4.37. The molecule has 0 unspecified atom stereocenters. The third-order valence-electron chi connectivity index (χ3n) is 4.37. The van der Waals surface area contributed by atoms with Gasteiger partial charge in [-0.2, -0.15) is 0 Å². The molecular weight excluding hydrogens is 214 g/mol. The van der Waals surface area contributed by atoms with Gasteiger partial charge < -0.3 is 9.90 Å². The summed E-state index contributed by atoms with van der Waals surface area (Å²) in [5.41, 5.74) is -0.176. The van der Waals surface area contributed by atoms with E-state index in [1.54, 1.807) is 0 Å². The van der Waals surface area contributed by atoms with Gasteiger partial charge in [-0.1, -0.05) is 20.3 Å². The van der Waals surface area contributed by atoms with Gasteiger partial charge in [-0.05, 0) is 32.1 Å². The van der Waals surface area contributed by atoms with Crippen molar-refractivity contribution in [3.63, 3.8) is 0 Å². The molecule has 0 aromatic heterocycles. The number of aliphatic hydroxyl groups excluding tert-OH is 1. The second-order valence-electron chi connectivity index (χ2n) is 5.32. The molecule has 0 heterocycles. The summed E-state index contributed by atoms with van der Waals surface area (Å²) in [5.74, 6) is 0. The number of carbonyl (C=O) groups is 1. The third kappa shape index (κ3) is 3.78. The van der Waals surface area contributed by atoms with E-state index in [9.17, 15) is 4.79 Å². The van der Waals surface area contributed by atoms with Crippen LogP contribution in [0.3, 0.4) is 0 Å². The van der Waals surface area contributed by atoms with E-state index in [4.69, 9.17) is 5.11 Å².